The first kappa shape index (κ1) is 22.1. The van der Waals surface area contributed by atoms with Crippen molar-refractivity contribution in [2.24, 2.45) is 0 Å². The van der Waals surface area contributed by atoms with Crippen LogP contribution in [-0.2, 0) is 19.4 Å². The van der Waals surface area contributed by atoms with Crippen molar-refractivity contribution in [1.82, 2.24) is 5.32 Å². The Morgan fingerprint density at radius 3 is 2.62 bits per heavy atom. The van der Waals surface area contributed by atoms with E-state index in [4.69, 9.17) is 4.42 Å². The molecule has 4 aromatic rings. The topological polar surface area (TPSA) is 88.4 Å². The average Bonchev–Trinajstić information content (AvgIpc) is 3.21. The number of aryl methyl sites for hydroxylation is 2. The van der Waals surface area contributed by atoms with E-state index < -0.39 is 5.91 Å². The minimum Gasteiger partial charge on any atom is -0.451 e. The largest absolute Gasteiger partial charge is 0.451 e. The number of anilines is 1. The number of thiophene rings is 1. The summed E-state index contributed by atoms with van der Waals surface area (Å²) in [6.45, 7) is 2.29. The van der Waals surface area contributed by atoms with Gasteiger partial charge >= 0.3 is 0 Å². The zero-order valence-corrected chi connectivity index (χ0v) is 19.6. The monoisotopic (exact) mass is 472 g/mol. The summed E-state index contributed by atoms with van der Waals surface area (Å²) in [5.41, 5.74) is 3.54. The summed E-state index contributed by atoms with van der Waals surface area (Å²) in [5.74, 6) is -0.840. The van der Waals surface area contributed by atoms with Crippen molar-refractivity contribution in [3.05, 3.63) is 97.7 Å². The van der Waals surface area contributed by atoms with E-state index in [-0.39, 0.29) is 17.1 Å². The molecule has 2 heterocycles. The van der Waals surface area contributed by atoms with Crippen molar-refractivity contribution in [3.63, 3.8) is 0 Å². The van der Waals surface area contributed by atoms with Crippen molar-refractivity contribution >= 4 is 39.1 Å². The number of carbonyl (C=O) groups excluding carboxylic acids is 2. The van der Waals surface area contributed by atoms with E-state index in [0.29, 0.717) is 28.1 Å². The van der Waals surface area contributed by atoms with Gasteiger partial charge in [-0.05, 0) is 55.9 Å². The van der Waals surface area contributed by atoms with Crippen molar-refractivity contribution in [1.29, 1.82) is 0 Å². The van der Waals surface area contributed by atoms with Gasteiger partial charge in [0.1, 0.15) is 10.6 Å². The molecule has 0 saturated carbocycles. The molecular weight excluding hydrogens is 448 g/mol. The van der Waals surface area contributed by atoms with Gasteiger partial charge in [-0.2, -0.15) is 0 Å². The van der Waals surface area contributed by atoms with Crippen LogP contribution in [0.2, 0.25) is 0 Å². The Kier molecular flexibility index (Phi) is 6.02. The third-order valence-electron chi connectivity index (χ3n) is 6.03. The van der Waals surface area contributed by atoms with Crippen LogP contribution in [0, 0.1) is 6.92 Å². The molecule has 0 unspecified atom stereocenters. The van der Waals surface area contributed by atoms with Gasteiger partial charge in [-0.3, -0.25) is 14.4 Å². The highest BCUT2D eigenvalue weighted by Crippen LogP contribution is 2.38. The maximum absolute atomic E-state index is 13.2. The second-order valence-electron chi connectivity index (χ2n) is 8.51. The van der Waals surface area contributed by atoms with E-state index in [0.717, 1.165) is 47.3 Å². The molecule has 34 heavy (non-hydrogen) atoms. The molecule has 2 N–H and O–H groups in total. The number of fused-ring (bicyclic) bond motifs is 2. The van der Waals surface area contributed by atoms with E-state index in [9.17, 15) is 14.4 Å². The van der Waals surface area contributed by atoms with Crippen LogP contribution in [0.4, 0.5) is 5.00 Å². The molecule has 172 valence electrons. The zero-order valence-electron chi connectivity index (χ0n) is 18.8. The standard InChI is InChI=1S/C27H24N2O4S/c1-16-11-12-21-19(13-16)20(30)14-22(33-21)25(31)29-27-24(18-9-5-6-10-23(18)34-27)26(32)28-15-17-7-3-2-4-8-17/h2-4,7-8,11-14H,5-6,9-10,15H2,1H3,(H,28,32)(H,29,31). The third-order valence-corrected chi connectivity index (χ3v) is 7.23. The Morgan fingerprint density at radius 2 is 1.79 bits per heavy atom. The lowest BCUT2D eigenvalue weighted by Gasteiger charge is -2.13. The molecule has 5 rings (SSSR count). The van der Waals surface area contributed by atoms with Crippen LogP contribution in [0.3, 0.4) is 0 Å². The van der Waals surface area contributed by atoms with Crippen molar-refractivity contribution in [2.45, 2.75) is 39.2 Å². The lowest BCUT2D eigenvalue weighted by molar-refractivity contribution is 0.0951. The van der Waals surface area contributed by atoms with Crippen LogP contribution >= 0.6 is 11.3 Å². The molecule has 6 nitrogen and oxygen atoms in total. The Hall–Kier alpha value is -3.71. The van der Waals surface area contributed by atoms with Crippen LogP contribution in [0.15, 0.2) is 63.8 Å². The second kappa shape index (κ2) is 9.27. The molecule has 1 aliphatic rings. The van der Waals surface area contributed by atoms with Crippen molar-refractivity contribution in [3.8, 4) is 0 Å². The van der Waals surface area contributed by atoms with Crippen LogP contribution in [-0.4, -0.2) is 11.8 Å². The molecular formula is C27H24N2O4S. The number of rotatable bonds is 5. The number of hydrogen-bond donors (Lipinski definition) is 2. The summed E-state index contributed by atoms with van der Waals surface area (Å²) in [7, 11) is 0. The number of carbonyl (C=O) groups is 2. The van der Waals surface area contributed by atoms with Gasteiger partial charge in [0.15, 0.2) is 11.2 Å². The van der Waals surface area contributed by atoms with E-state index in [1.165, 1.54) is 17.4 Å². The van der Waals surface area contributed by atoms with E-state index >= 15 is 0 Å². The summed E-state index contributed by atoms with van der Waals surface area (Å²) < 4.78 is 5.73. The zero-order chi connectivity index (χ0) is 23.7. The first-order valence-electron chi connectivity index (χ1n) is 11.3. The fourth-order valence-electron chi connectivity index (χ4n) is 4.31. The van der Waals surface area contributed by atoms with Crippen LogP contribution in [0.25, 0.3) is 11.0 Å². The average molecular weight is 473 g/mol. The molecule has 0 aliphatic heterocycles. The summed E-state index contributed by atoms with van der Waals surface area (Å²) in [5, 5.41) is 6.77. The van der Waals surface area contributed by atoms with Crippen LogP contribution < -0.4 is 16.1 Å². The molecule has 0 bridgehead atoms. The van der Waals surface area contributed by atoms with Crippen molar-refractivity contribution in [2.75, 3.05) is 5.32 Å². The van der Waals surface area contributed by atoms with E-state index in [1.807, 2.05) is 43.3 Å². The SMILES string of the molecule is Cc1ccc2oc(C(=O)Nc3sc4c(c3C(=O)NCc3ccccc3)CCCC4)cc(=O)c2c1. The summed E-state index contributed by atoms with van der Waals surface area (Å²) in [6.07, 6.45) is 3.76. The van der Waals surface area contributed by atoms with Gasteiger partial charge in [0, 0.05) is 17.5 Å². The minimum atomic E-state index is -0.546. The molecule has 1 aliphatic carbocycles. The quantitative estimate of drug-likeness (QED) is 0.417. The van der Waals surface area contributed by atoms with Crippen molar-refractivity contribution < 1.29 is 14.0 Å². The Labute approximate surface area is 200 Å². The Bertz CT molecular complexity index is 1450. The van der Waals surface area contributed by atoms with Gasteiger partial charge in [-0.25, -0.2) is 0 Å². The van der Waals surface area contributed by atoms with Gasteiger partial charge in [-0.1, -0.05) is 42.0 Å². The summed E-state index contributed by atoms with van der Waals surface area (Å²) >= 11 is 1.43. The van der Waals surface area contributed by atoms with Gasteiger partial charge < -0.3 is 15.1 Å². The molecule has 0 radical (unpaired) electrons. The molecule has 0 spiro atoms. The Balaban J connectivity index is 1.44. The van der Waals surface area contributed by atoms with Gasteiger partial charge in [0.05, 0.1) is 10.9 Å². The van der Waals surface area contributed by atoms with Gasteiger partial charge in [-0.15, -0.1) is 11.3 Å². The summed E-state index contributed by atoms with van der Waals surface area (Å²) in [6, 6.07) is 16.2. The van der Waals surface area contributed by atoms with Gasteiger partial charge in [0.2, 0.25) is 0 Å². The number of benzene rings is 2. The molecule has 2 aromatic heterocycles. The fraction of sp³-hybridized carbons (Fsp3) is 0.222. The highest BCUT2D eigenvalue weighted by atomic mass is 32.1. The summed E-state index contributed by atoms with van der Waals surface area (Å²) in [4.78, 5) is 40.0. The fourth-order valence-corrected chi connectivity index (χ4v) is 5.59. The molecule has 7 heteroatoms. The van der Waals surface area contributed by atoms with E-state index in [2.05, 4.69) is 10.6 Å². The maximum Gasteiger partial charge on any atom is 0.292 e. The number of nitrogens with one attached hydrogen (secondary N) is 2. The first-order chi connectivity index (χ1) is 16.5. The molecule has 0 fully saturated rings. The lowest BCUT2D eigenvalue weighted by atomic mass is 9.95. The minimum absolute atomic E-state index is 0.0802. The molecule has 0 atom stereocenters. The highest BCUT2D eigenvalue weighted by molar-refractivity contribution is 7.17. The molecule has 2 aromatic carbocycles. The highest BCUT2D eigenvalue weighted by Gasteiger charge is 2.27. The predicted octanol–water partition coefficient (Wildman–Crippen LogP) is 5.22. The molecule has 2 amide bonds. The smallest absolute Gasteiger partial charge is 0.292 e. The predicted molar refractivity (Wildman–Crippen MR) is 134 cm³/mol. The normalized spacial score (nSPS) is 12.9. The Morgan fingerprint density at radius 1 is 1.00 bits per heavy atom. The lowest BCUT2D eigenvalue weighted by Crippen LogP contribution is -2.25. The first-order valence-corrected chi connectivity index (χ1v) is 12.1. The van der Waals surface area contributed by atoms with E-state index in [1.54, 1.807) is 12.1 Å². The van der Waals surface area contributed by atoms with Crippen LogP contribution in [0.1, 0.15) is 55.3 Å². The maximum atomic E-state index is 13.2. The molecule has 0 saturated heterocycles. The van der Waals surface area contributed by atoms with Gasteiger partial charge in [0.25, 0.3) is 11.8 Å². The third kappa shape index (κ3) is 4.39. The number of amides is 2. The second-order valence-corrected chi connectivity index (χ2v) is 9.62. The van der Waals surface area contributed by atoms with Crippen LogP contribution in [0.5, 0.6) is 0 Å². The number of hydrogen-bond acceptors (Lipinski definition) is 5.